The Labute approximate surface area is 105 Å². The largest absolute Gasteiger partial charge is 0.497 e. The molecule has 98 valence electrons. The molecule has 3 saturated carbocycles. The molecule has 4 heteroatoms. The van der Waals surface area contributed by atoms with Gasteiger partial charge in [-0.25, -0.2) is 8.78 Å². The summed E-state index contributed by atoms with van der Waals surface area (Å²) in [5.74, 6) is -2.23. The lowest BCUT2D eigenvalue weighted by Gasteiger charge is -2.72. The molecule has 0 spiro atoms. The third-order valence-corrected chi connectivity index (χ3v) is 4.59. The standard InChI is InChI=1S/C14H16F2O2/c1-18-11-4-2-10(3-5-11)14(15,16)13-6-12(7-13,8-13)9-17/h2-5,17H,6-9H2,1H3. The Hall–Kier alpha value is -1.16. The molecule has 0 unspecified atom stereocenters. The van der Waals surface area contributed by atoms with Crippen LogP contribution < -0.4 is 4.74 Å². The molecule has 1 aromatic rings. The van der Waals surface area contributed by atoms with Gasteiger partial charge in [0.05, 0.1) is 7.11 Å². The van der Waals surface area contributed by atoms with Crippen LogP contribution in [0, 0.1) is 10.8 Å². The summed E-state index contributed by atoms with van der Waals surface area (Å²) in [6, 6.07) is 6.00. The molecule has 0 atom stereocenters. The van der Waals surface area contributed by atoms with Gasteiger partial charge in [-0.2, -0.15) is 0 Å². The molecule has 0 saturated heterocycles. The molecule has 2 nitrogen and oxygen atoms in total. The first kappa shape index (κ1) is 11.9. The van der Waals surface area contributed by atoms with Crippen LogP contribution in [0.5, 0.6) is 5.75 Å². The lowest BCUT2D eigenvalue weighted by molar-refractivity contribution is -0.330. The molecule has 0 amide bonds. The predicted molar refractivity (Wildman–Crippen MR) is 62.7 cm³/mol. The van der Waals surface area contributed by atoms with Crippen LogP contribution in [-0.2, 0) is 5.92 Å². The van der Waals surface area contributed by atoms with Crippen LogP contribution in [0.25, 0.3) is 0 Å². The number of aliphatic hydroxyl groups excluding tert-OH is 1. The molecule has 3 aliphatic rings. The van der Waals surface area contributed by atoms with Gasteiger partial charge >= 0.3 is 0 Å². The van der Waals surface area contributed by atoms with Crippen LogP contribution in [0.3, 0.4) is 0 Å². The zero-order chi connectivity index (χ0) is 13.0. The highest BCUT2D eigenvalue weighted by molar-refractivity contribution is 5.35. The average molecular weight is 254 g/mol. The van der Waals surface area contributed by atoms with Crippen molar-refractivity contribution in [3.8, 4) is 5.75 Å². The Morgan fingerprint density at radius 3 is 2.22 bits per heavy atom. The summed E-state index contributed by atoms with van der Waals surface area (Å²) in [6.07, 6.45) is 1.32. The van der Waals surface area contributed by atoms with Crippen LogP contribution in [0.1, 0.15) is 24.8 Å². The van der Waals surface area contributed by atoms with E-state index in [1.165, 1.54) is 19.2 Å². The molecule has 3 fully saturated rings. The van der Waals surface area contributed by atoms with Crippen molar-refractivity contribution in [2.45, 2.75) is 25.2 Å². The van der Waals surface area contributed by atoms with Crippen molar-refractivity contribution in [2.75, 3.05) is 13.7 Å². The number of aliphatic hydroxyl groups is 1. The first-order valence-corrected chi connectivity index (χ1v) is 6.10. The molecule has 1 N–H and O–H groups in total. The normalized spacial score (nSPS) is 33.6. The van der Waals surface area contributed by atoms with Gasteiger partial charge in [-0.05, 0) is 48.9 Å². The smallest absolute Gasteiger partial charge is 0.278 e. The van der Waals surface area contributed by atoms with E-state index < -0.39 is 11.3 Å². The van der Waals surface area contributed by atoms with Crippen LogP contribution in [0.4, 0.5) is 8.78 Å². The lowest BCUT2D eigenvalue weighted by atomic mass is 9.33. The second-order valence-electron chi connectivity index (χ2n) is 5.77. The maximum Gasteiger partial charge on any atom is 0.278 e. The Balaban J connectivity index is 1.83. The summed E-state index contributed by atoms with van der Waals surface area (Å²) in [7, 11) is 1.51. The van der Waals surface area contributed by atoms with E-state index in [0.717, 1.165) is 0 Å². The van der Waals surface area contributed by atoms with Gasteiger partial charge in [-0.1, -0.05) is 0 Å². The van der Waals surface area contributed by atoms with Crippen LogP contribution in [-0.4, -0.2) is 18.8 Å². The zero-order valence-electron chi connectivity index (χ0n) is 10.2. The minimum atomic E-state index is -2.81. The summed E-state index contributed by atoms with van der Waals surface area (Å²) in [4.78, 5) is 0. The third kappa shape index (κ3) is 1.30. The van der Waals surface area contributed by atoms with Crippen LogP contribution in [0.2, 0.25) is 0 Å². The maximum absolute atomic E-state index is 14.4. The Morgan fingerprint density at radius 1 is 1.22 bits per heavy atom. The summed E-state index contributed by atoms with van der Waals surface area (Å²) >= 11 is 0. The van der Waals surface area contributed by atoms with Gasteiger partial charge in [0.1, 0.15) is 5.75 Å². The average Bonchev–Trinajstić information content (AvgIpc) is 2.26. The van der Waals surface area contributed by atoms with E-state index in [0.29, 0.717) is 25.0 Å². The number of benzene rings is 1. The molecule has 0 radical (unpaired) electrons. The molecular formula is C14H16F2O2. The quantitative estimate of drug-likeness (QED) is 0.895. The van der Waals surface area contributed by atoms with Crippen molar-refractivity contribution in [1.29, 1.82) is 0 Å². The van der Waals surface area contributed by atoms with Gasteiger partial charge in [0.2, 0.25) is 0 Å². The van der Waals surface area contributed by atoms with Gasteiger partial charge < -0.3 is 9.84 Å². The zero-order valence-corrected chi connectivity index (χ0v) is 10.2. The minimum Gasteiger partial charge on any atom is -0.497 e. The van der Waals surface area contributed by atoms with Crippen LogP contribution >= 0.6 is 0 Å². The van der Waals surface area contributed by atoms with E-state index >= 15 is 0 Å². The minimum absolute atomic E-state index is 0.0352. The van der Waals surface area contributed by atoms with Gasteiger partial charge in [-0.3, -0.25) is 0 Å². The van der Waals surface area contributed by atoms with Crippen molar-refractivity contribution in [2.24, 2.45) is 10.8 Å². The molecule has 3 aliphatic carbocycles. The second kappa shape index (κ2) is 3.44. The van der Waals surface area contributed by atoms with Gasteiger partial charge in [0, 0.05) is 17.6 Å². The number of hydrogen-bond donors (Lipinski definition) is 1. The van der Waals surface area contributed by atoms with Crippen molar-refractivity contribution < 1.29 is 18.6 Å². The fraction of sp³-hybridized carbons (Fsp3) is 0.571. The molecule has 4 rings (SSSR count). The first-order chi connectivity index (χ1) is 8.47. The number of alkyl halides is 2. The summed E-state index contributed by atoms with van der Waals surface area (Å²) < 4.78 is 33.9. The lowest BCUT2D eigenvalue weighted by Crippen LogP contribution is -2.69. The fourth-order valence-electron chi connectivity index (χ4n) is 3.61. The first-order valence-electron chi connectivity index (χ1n) is 6.10. The highest BCUT2D eigenvalue weighted by atomic mass is 19.3. The van der Waals surface area contributed by atoms with Gasteiger partial charge in [0.15, 0.2) is 0 Å². The van der Waals surface area contributed by atoms with Crippen molar-refractivity contribution in [3.63, 3.8) is 0 Å². The van der Waals surface area contributed by atoms with E-state index in [-0.39, 0.29) is 17.6 Å². The third-order valence-electron chi connectivity index (χ3n) is 4.59. The number of rotatable bonds is 4. The van der Waals surface area contributed by atoms with Crippen LogP contribution in [0.15, 0.2) is 24.3 Å². The maximum atomic E-state index is 14.4. The van der Waals surface area contributed by atoms with E-state index in [1.54, 1.807) is 12.1 Å². The topological polar surface area (TPSA) is 29.5 Å². The highest BCUT2D eigenvalue weighted by Crippen LogP contribution is 2.79. The van der Waals surface area contributed by atoms with E-state index in [9.17, 15) is 8.78 Å². The van der Waals surface area contributed by atoms with E-state index in [2.05, 4.69) is 0 Å². The summed E-state index contributed by atoms with van der Waals surface area (Å²) in [5.41, 5.74) is -1.06. The Bertz CT molecular complexity index is 447. The van der Waals surface area contributed by atoms with E-state index in [4.69, 9.17) is 9.84 Å². The molecule has 0 aromatic heterocycles. The second-order valence-corrected chi connectivity index (χ2v) is 5.77. The number of hydrogen-bond acceptors (Lipinski definition) is 2. The molecule has 1 aromatic carbocycles. The molecule has 2 bridgehead atoms. The number of ether oxygens (including phenoxy) is 1. The van der Waals surface area contributed by atoms with Gasteiger partial charge in [0.25, 0.3) is 5.92 Å². The predicted octanol–water partition coefficient (Wildman–Crippen LogP) is 2.95. The molecule has 0 heterocycles. The molecule has 0 aliphatic heterocycles. The van der Waals surface area contributed by atoms with Crippen molar-refractivity contribution in [1.82, 2.24) is 0 Å². The summed E-state index contributed by atoms with van der Waals surface area (Å²) in [5, 5.41) is 9.14. The Kier molecular flexibility index (Phi) is 2.28. The monoisotopic (exact) mass is 254 g/mol. The molecule has 18 heavy (non-hydrogen) atoms. The fourth-order valence-corrected chi connectivity index (χ4v) is 3.61. The van der Waals surface area contributed by atoms with Gasteiger partial charge in [-0.15, -0.1) is 0 Å². The van der Waals surface area contributed by atoms with E-state index in [1.807, 2.05) is 0 Å². The molecular weight excluding hydrogens is 238 g/mol. The van der Waals surface area contributed by atoms with Crippen molar-refractivity contribution >= 4 is 0 Å². The summed E-state index contributed by atoms with van der Waals surface area (Å²) in [6.45, 7) is 0.0352. The number of halogens is 2. The van der Waals surface area contributed by atoms with Crippen molar-refractivity contribution in [3.05, 3.63) is 29.8 Å². The highest BCUT2D eigenvalue weighted by Gasteiger charge is 2.77. The SMILES string of the molecule is COc1ccc(C(F)(F)C23CC(CO)(C2)C3)cc1. The Morgan fingerprint density at radius 2 is 1.78 bits per heavy atom. The number of methoxy groups -OCH3 is 1.